The molecular weight excluding hydrogens is 416 g/mol. The van der Waals surface area contributed by atoms with Crippen molar-refractivity contribution in [1.82, 2.24) is 0 Å². The summed E-state index contributed by atoms with van der Waals surface area (Å²) in [6.07, 6.45) is 7.40. The third-order valence-electron chi connectivity index (χ3n) is 8.10. The lowest BCUT2D eigenvalue weighted by molar-refractivity contribution is -0.154. The van der Waals surface area contributed by atoms with Gasteiger partial charge in [0.25, 0.3) is 0 Å². The van der Waals surface area contributed by atoms with Crippen LogP contribution >= 0.6 is 11.8 Å². The van der Waals surface area contributed by atoms with E-state index in [2.05, 4.69) is 39.5 Å². The van der Waals surface area contributed by atoms with Crippen molar-refractivity contribution in [2.24, 2.45) is 16.7 Å². The molecule has 0 heterocycles. The molecule has 1 aromatic rings. The van der Waals surface area contributed by atoms with Gasteiger partial charge in [-0.25, -0.2) is 0 Å². The van der Waals surface area contributed by atoms with Gasteiger partial charge in [0.1, 0.15) is 11.9 Å². The Labute approximate surface area is 199 Å². The topological polar surface area (TPSA) is 54.4 Å². The number of allylic oxidation sites excluding steroid dienone is 1. The van der Waals surface area contributed by atoms with Crippen LogP contribution in [0.3, 0.4) is 0 Å². The summed E-state index contributed by atoms with van der Waals surface area (Å²) in [6.45, 7) is 12.7. The molecule has 3 unspecified atom stereocenters. The van der Waals surface area contributed by atoms with Crippen molar-refractivity contribution in [2.75, 3.05) is 5.75 Å². The number of thioether (sulfide) groups is 1. The number of aldehydes is 1. The van der Waals surface area contributed by atoms with Gasteiger partial charge < -0.3 is 9.90 Å². The van der Waals surface area contributed by atoms with Crippen LogP contribution in [-0.4, -0.2) is 28.5 Å². The summed E-state index contributed by atoms with van der Waals surface area (Å²) >= 11 is 1.58. The van der Waals surface area contributed by atoms with E-state index >= 15 is 0 Å². The predicted molar refractivity (Wildman–Crippen MR) is 136 cm³/mol. The first-order valence-corrected chi connectivity index (χ1v) is 13.3. The maximum Gasteiger partial charge on any atom is 0.174 e. The van der Waals surface area contributed by atoms with E-state index in [1.807, 2.05) is 25.1 Å². The fraction of sp³-hybridized carbons (Fsp3) is 0.643. The van der Waals surface area contributed by atoms with E-state index in [1.165, 1.54) is 11.1 Å². The van der Waals surface area contributed by atoms with Gasteiger partial charge in [0, 0.05) is 17.6 Å². The summed E-state index contributed by atoms with van der Waals surface area (Å²) in [5, 5.41) is 11.7. The van der Waals surface area contributed by atoms with Gasteiger partial charge >= 0.3 is 0 Å². The molecule has 0 radical (unpaired) electrons. The average molecular weight is 459 g/mol. The van der Waals surface area contributed by atoms with Gasteiger partial charge in [-0.3, -0.25) is 4.79 Å². The second-order valence-electron chi connectivity index (χ2n) is 10.2. The summed E-state index contributed by atoms with van der Waals surface area (Å²) < 4.78 is 0. The van der Waals surface area contributed by atoms with Gasteiger partial charge in [-0.1, -0.05) is 70.2 Å². The maximum absolute atomic E-state index is 13.3. The molecule has 32 heavy (non-hydrogen) atoms. The van der Waals surface area contributed by atoms with Gasteiger partial charge in [-0.2, -0.15) is 0 Å². The number of Topliss-reactive ketones (excluding diaryl/α,β-unsaturated/α-hetero) is 1. The molecule has 178 valence electrons. The average Bonchev–Trinajstić information content (AvgIpc) is 2.80. The van der Waals surface area contributed by atoms with Crippen molar-refractivity contribution in [3.8, 4) is 0 Å². The van der Waals surface area contributed by atoms with Crippen LogP contribution in [0.25, 0.3) is 0 Å². The van der Waals surface area contributed by atoms with Gasteiger partial charge in [-0.15, -0.1) is 11.8 Å². The summed E-state index contributed by atoms with van der Waals surface area (Å²) in [6, 6.07) is 10.1. The van der Waals surface area contributed by atoms with Gasteiger partial charge in [0.05, 0.1) is 5.75 Å². The van der Waals surface area contributed by atoms with Crippen LogP contribution in [0.1, 0.15) is 84.6 Å². The molecule has 1 saturated carbocycles. The Morgan fingerprint density at radius 1 is 1.28 bits per heavy atom. The third-order valence-corrected chi connectivity index (χ3v) is 9.10. The minimum Gasteiger partial charge on any atom is -0.381 e. The second kappa shape index (κ2) is 11.7. The van der Waals surface area contributed by atoms with E-state index in [9.17, 15) is 14.7 Å². The summed E-state index contributed by atoms with van der Waals surface area (Å²) in [7, 11) is 0. The van der Waals surface area contributed by atoms with Gasteiger partial charge in [0.15, 0.2) is 5.78 Å². The highest BCUT2D eigenvalue weighted by Gasteiger charge is 2.51. The molecule has 0 spiro atoms. The molecule has 1 aliphatic carbocycles. The molecule has 1 fully saturated rings. The van der Waals surface area contributed by atoms with E-state index in [0.717, 1.165) is 50.6 Å². The molecule has 1 aromatic carbocycles. The fourth-order valence-corrected chi connectivity index (χ4v) is 6.51. The molecule has 0 aromatic heterocycles. The monoisotopic (exact) mass is 458 g/mol. The SMILES string of the molecule is C=C1CCC(CC(C)(CC)[C@](O)(CC)C(=O)CSCc2ccccc2)CC1(C)CCC=O. The number of carbonyl (C=O) groups is 2. The van der Waals surface area contributed by atoms with Crippen molar-refractivity contribution in [3.63, 3.8) is 0 Å². The zero-order valence-electron chi connectivity index (χ0n) is 20.5. The number of hydrogen-bond donors (Lipinski definition) is 1. The lowest BCUT2D eigenvalue weighted by Gasteiger charge is -2.48. The molecule has 0 amide bonds. The largest absolute Gasteiger partial charge is 0.381 e. The van der Waals surface area contributed by atoms with Crippen molar-refractivity contribution in [2.45, 2.75) is 90.4 Å². The predicted octanol–water partition coefficient (Wildman–Crippen LogP) is 6.78. The summed E-state index contributed by atoms with van der Waals surface area (Å²) in [5.74, 6) is 1.47. The zero-order chi connectivity index (χ0) is 23.8. The van der Waals surface area contributed by atoms with Crippen molar-refractivity contribution < 1.29 is 14.7 Å². The molecule has 2 rings (SSSR count). The Hall–Kier alpha value is -1.39. The molecule has 0 bridgehead atoms. The Bertz CT molecular complexity index is 776. The quantitative estimate of drug-likeness (QED) is 0.261. The lowest BCUT2D eigenvalue weighted by Crippen LogP contribution is -2.54. The summed E-state index contributed by atoms with van der Waals surface area (Å²) in [4.78, 5) is 24.3. The molecule has 0 aliphatic heterocycles. The smallest absolute Gasteiger partial charge is 0.174 e. The van der Waals surface area contributed by atoms with Gasteiger partial charge in [-0.05, 0) is 61.8 Å². The van der Waals surface area contributed by atoms with Crippen molar-refractivity contribution in [3.05, 3.63) is 48.0 Å². The minimum atomic E-state index is -1.32. The van der Waals surface area contributed by atoms with Crippen LogP contribution in [0.4, 0.5) is 0 Å². The Morgan fingerprint density at radius 3 is 2.56 bits per heavy atom. The molecule has 1 aliphatic rings. The molecule has 4 atom stereocenters. The van der Waals surface area contributed by atoms with E-state index in [4.69, 9.17) is 0 Å². The third kappa shape index (κ3) is 6.14. The number of aliphatic hydroxyl groups is 1. The number of ketones is 1. The maximum atomic E-state index is 13.3. The summed E-state index contributed by atoms with van der Waals surface area (Å²) in [5.41, 5.74) is 0.618. The Morgan fingerprint density at radius 2 is 1.97 bits per heavy atom. The molecule has 1 N–H and O–H groups in total. The highest BCUT2D eigenvalue weighted by Crippen LogP contribution is 2.51. The first-order valence-electron chi connectivity index (χ1n) is 12.1. The number of carbonyl (C=O) groups excluding carboxylic acids is 2. The number of hydrogen-bond acceptors (Lipinski definition) is 4. The highest BCUT2D eigenvalue weighted by molar-refractivity contribution is 7.99. The van der Waals surface area contributed by atoms with Crippen LogP contribution in [-0.2, 0) is 15.3 Å². The standard InChI is InChI=1S/C28H42O3S/c1-6-27(5,19-24-15-14-22(3)26(4,18-24)16-11-17-29)28(31,7-2)25(30)21-32-20-23-12-9-8-10-13-23/h8-10,12-13,17,24,31H,3,6-7,11,14-16,18-21H2,1-2,4-5H3/t24?,26?,27?,28-/m0/s1. The molecule has 3 nitrogen and oxygen atoms in total. The minimum absolute atomic E-state index is 0.0294. The van der Waals surface area contributed by atoms with Crippen molar-refractivity contribution in [1.29, 1.82) is 0 Å². The van der Waals surface area contributed by atoms with Crippen molar-refractivity contribution >= 4 is 23.8 Å². The fourth-order valence-electron chi connectivity index (χ4n) is 5.55. The van der Waals surface area contributed by atoms with Crippen LogP contribution in [0.5, 0.6) is 0 Å². The number of benzene rings is 1. The number of rotatable bonds is 13. The molecule has 0 saturated heterocycles. The zero-order valence-corrected chi connectivity index (χ0v) is 21.3. The van der Waals surface area contributed by atoms with Crippen LogP contribution in [0.15, 0.2) is 42.5 Å². The lowest BCUT2D eigenvalue weighted by atomic mass is 9.58. The first kappa shape index (κ1) is 26.9. The van der Waals surface area contributed by atoms with Crippen LogP contribution in [0, 0.1) is 16.7 Å². The van der Waals surface area contributed by atoms with E-state index < -0.39 is 11.0 Å². The molecule has 4 heteroatoms. The van der Waals surface area contributed by atoms with E-state index in [1.54, 1.807) is 11.8 Å². The van der Waals surface area contributed by atoms with E-state index in [0.29, 0.717) is 24.5 Å². The first-order chi connectivity index (χ1) is 15.1. The van der Waals surface area contributed by atoms with Crippen LogP contribution in [0.2, 0.25) is 0 Å². The van der Waals surface area contributed by atoms with Gasteiger partial charge in [0.2, 0.25) is 0 Å². The van der Waals surface area contributed by atoms with E-state index in [-0.39, 0.29) is 11.2 Å². The highest BCUT2D eigenvalue weighted by atomic mass is 32.2. The molecular formula is C28H42O3S. The Kier molecular flexibility index (Phi) is 9.78. The van der Waals surface area contributed by atoms with Crippen LogP contribution < -0.4 is 0 Å². The Balaban J connectivity index is 2.09. The second-order valence-corrected chi connectivity index (χ2v) is 11.2. The normalized spacial score (nSPS) is 25.0.